The summed E-state index contributed by atoms with van der Waals surface area (Å²) in [7, 11) is 0. The lowest BCUT2D eigenvalue weighted by Crippen LogP contribution is -2.57. The Bertz CT molecular complexity index is 916. The Morgan fingerprint density at radius 3 is 2.87 bits per heavy atom. The number of carbonyl (C=O) groups excluding carboxylic acids is 2. The Balaban J connectivity index is 1.17. The van der Waals surface area contributed by atoms with Crippen LogP contribution in [0.5, 0.6) is 5.75 Å². The smallest absolute Gasteiger partial charge is 0.226 e. The monoisotopic (exact) mass is 429 g/mol. The van der Waals surface area contributed by atoms with Gasteiger partial charge in [-0.3, -0.25) is 9.59 Å². The lowest BCUT2D eigenvalue weighted by atomic mass is 9.53. The van der Waals surface area contributed by atoms with Gasteiger partial charge in [-0.25, -0.2) is 0 Å². The van der Waals surface area contributed by atoms with Gasteiger partial charge in [0.2, 0.25) is 5.91 Å². The van der Waals surface area contributed by atoms with E-state index in [1.54, 1.807) is 6.07 Å². The van der Waals surface area contributed by atoms with Gasteiger partial charge in [-0.05, 0) is 80.4 Å². The maximum atomic E-state index is 13.4. The molecule has 1 saturated heterocycles. The molecule has 1 aromatic carbocycles. The van der Waals surface area contributed by atoms with Gasteiger partial charge in [0.1, 0.15) is 12.4 Å². The third-order valence-electron chi connectivity index (χ3n) is 9.22. The normalized spacial score (nSPS) is 43.1. The fraction of sp³-hybridized carbons (Fsp3) is 0.667. The van der Waals surface area contributed by atoms with E-state index < -0.39 is 5.60 Å². The molecule has 5 aliphatic rings. The summed E-state index contributed by atoms with van der Waals surface area (Å²) < 4.78 is 5.31. The summed E-state index contributed by atoms with van der Waals surface area (Å²) in [5.41, 5.74) is 0.715. The van der Waals surface area contributed by atoms with E-state index in [0.29, 0.717) is 47.3 Å². The van der Waals surface area contributed by atoms with E-state index in [2.05, 4.69) is 4.90 Å². The van der Waals surface area contributed by atoms with Crippen LogP contribution in [0, 0.1) is 29.1 Å². The van der Waals surface area contributed by atoms with Crippen molar-refractivity contribution in [3.8, 4) is 5.75 Å². The number of hydrogen-bond donors (Lipinski definition) is 1. The van der Waals surface area contributed by atoms with Gasteiger partial charge in [0, 0.05) is 28.9 Å². The number of rotatable bonds is 6. The molecule has 30 heavy (non-hydrogen) atoms. The fourth-order valence-electron chi connectivity index (χ4n) is 8.16. The summed E-state index contributed by atoms with van der Waals surface area (Å²) in [5, 5.41) is 11.7. The first-order valence-corrected chi connectivity index (χ1v) is 11.7. The van der Waals surface area contributed by atoms with Crippen LogP contribution in [0.2, 0.25) is 5.02 Å². The van der Waals surface area contributed by atoms with Crippen LogP contribution in [0.1, 0.15) is 44.1 Å². The Kier molecular flexibility index (Phi) is 4.12. The first-order chi connectivity index (χ1) is 14.4. The number of halogens is 1. The second kappa shape index (κ2) is 6.46. The zero-order chi connectivity index (χ0) is 20.7. The second-order valence-electron chi connectivity index (χ2n) is 10.4. The van der Waals surface area contributed by atoms with E-state index in [0.717, 1.165) is 44.2 Å². The molecule has 1 aliphatic heterocycles. The average molecular weight is 430 g/mol. The molecule has 5 fully saturated rings. The van der Waals surface area contributed by atoms with Crippen molar-refractivity contribution in [2.75, 3.05) is 13.2 Å². The highest BCUT2D eigenvalue weighted by Gasteiger charge is 2.76. The fourth-order valence-corrected chi connectivity index (χ4v) is 8.41. The van der Waals surface area contributed by atoms with Crippen LogP contribution in [0.25, 0.3) is 0 Å². The molecule has 7 atom stereocenters. The number of aliphatic hydroxyl groups is 1. The van der Waals surface area contributed by atoms with Crippen molar-refractivity contribution in [1.29, 1.82) is 0 Å². The number of amides is 1. The minimum atomic E-state index is -0.435. The number of fused-ring (bicyclic) bond motifs is 2. The molecule has 5 nitrogen and oxygen atoms in total. The zero-order valence-corrected chi connectivity index (χ0v) is 17.8. The van der Waals surface area contributed by atoms with Gasteiger partial charge < -0.3 is 14.7 Å². The number of hydrogen-bond acceptors (Lipinski definition) is 4. The lowest BCUT2D eigenvalue weighted by Gasteiger charge is -2.55. The van der Waals surface area contributed by atoms with Crippen LogP contribution < -0.4 is 4.74 Å². The molecule has 4 saturated carbocycles. The summed E-state index contributed by atoms with van der Waals surface area (Å²) in [5.74, 6) is 2.54. The highest BCUT2D eigenvalue weighted by molar-refractivity contribution is 6.31. The SMILES string of the molecule is O=CCOc1ccc(CC2CCN(C3C4CC5CC6(O)CC3CC56C4)C2=O)c(Cl)c1. The number of aldehydes is 1. The van der Waals surface area contributed by atoms with E-state index in [-0.39, 0.29) is 23.8 Å². The van der Waals surface area contributed by atoms with Crippen molar-refractivity contribution in [2.24, 2.45) is 29.1 Å². The van der Waals surface area contributed by atoms with Crippen LogP contribution in [-0.4, -0.2) is 47.0 Å². The Hall–Kier alpha value is -1.59. The Morgan fingerprint density at radius 1 is 1.23 bits per heavy atom. The van der Waals surface area contributed by atoms with E-state index in [1.807, 2.05) is 12.1 Å². The van der Waals surface area contributed by atoms with Crippen molar-refractivity contribution >= 4 is 23.8 Å². The highest BCUT2D eigenvalue weighted by atomic mass is 35.5. The largest absolute Gasteiger partial charge is 0.486 e. The molecule has 1 aromatic rings. The average Bonchev–Trinajstić information content (AvgIpc) is 3.25. The van der Waals surface area contributed by atoms with Crippen LogP contribution in [0.15, 0.2) is 18.2 Å². The van der Waals surface area contributed by atoms with Crippen LogP contribution >= 0.6 is 11.6 Å². The summed E-state index contributed by atoms with van der Waals surface area (Å²) in [4.78, 5) is 26.1. The standard InChI is InChI=1S/C24H28ClNO4/c25-20-9-19(30-6-5-27)2-1-14(20)7-15-3-4-26(22(15)28)21-16-8-18-13-24(29)12-17(21)11-23(18,24)10-16/h1-2,5,9,15-18,21,29H,3-4,6-8,10-13H2. The topological polar surface area (TPSA) is 66.8 Å². The molecule has 160 valence electrons. The quantitative estimate of drug-likeness (QED) is 0.705. The van der Waals surface area contributed by atoms with Gasteiger partial charge in [0.05, 0.1) is 5.60 Å². The van der Waals surface area contributed by atoms with Gasteiger partial charge in [-0.2, -0.15) is 0 Å². The van der Waals surface area contributed by atoms with Gasteiger partial charge >= 0.3 is 0 Å². The number of ether oxygens (including phenoxy) is 1. The molecular weight excluding hydrogens is 402 g/mol. The molecule has 1 heterocycles. The number of benzene rings is 1. The molecule has 1 N–H and O–H groups in total. The number of carbonyl (C=O) groups is 2. The maximum absolute atomic E-state index is 13.4. The third-order valence-corrected chi connectivity index (χ3v) is 9.57. The first kappa shape index (κ1) is 19.1. The number of nitrogens with zero attached hydrogens (tertiary/aromatic N) is 1. The zero-order valence-electron chi connectivity index (χ0n) is 17.1. The molecule has 0 aromatic heterocycles. The molecular formula is C24H28ClNO4. The van der Waals surface area contributed by atoms with Crippen molar-refractivity contribution in [3.63, 3.8) is 0 Å². The van der Waals surface area contributed by atoms with Crippen molar-refractivity contribution in [2.45, 2.75) is 56.6 Å². The van der Waals surface area contributed by atoms with E-state index in [1.165, 1.54) is 6.42 Å². The summed E-state index contributed by atoms with van der Waals surface area (Å²) in [6, 6.07) is 5.77. The maximum Gasteiger partial charge on any atom is 0.226 e. The molecule has 7 unspecified atom stereocenters. The minimum Gasteiger partial charge on any atom is -0.486 e. The first-order valence-electron chi connectivity index (χ1n) is 11.3. The molecule has 4 aliphatic carbocycles. The molecule has 6 heteroatoms. The van der Waals surface area contributed by atoms with Gasteiger partial charge in [-0.1, -0.05) is 17.7 Å². The van der Waals surface area contributed by atoms with Crippen molar-refractivity contribution < 1.29 is 19.4 Å². The van der Waals surface area contributed by atoms with Crippen LogP contribution in [0.4, 0.5) is 0 Å². The van der Waals surface area contributed by atoms with Gasteiger partial charge in [0.15, 0.2) is 6.29 Å². The molecule has 1 spiro atoms. The molecule has 6 rings (SSSR count). The summed E-state index contributed by atoms with van der Waals surface area (Å²) in [6.45, 7) is 0.835. The van der Waals surface area contributed by atoms with Crippen LogP contribution in [-0.2, 0) is 16.0 Å². The Morgan fingerprint density at radius 2 is 2.07 bits per heavy atom. The summed E-state index contributed by atoms with van der Waals surface area (Å²) >= 11 is 6.44. The lowest BCUT2D eigenvalue weighted by molar-refractivity contribution is -0.176. The molecule has 3 bridgehead atoms. The second-order valence-corrected chi connectivity index (χ2v) is 10.8. The number of likely N-dealkylation sites (tertiary alicyclic amines) is 1. The van der Waals surface area contributed by atoms with Gasteiger partial charge in [0.25, 0.3) is 0 Å². The Labute approximate surface area is 181 Å². The predicted octanol–water partition coefficient (Wildman–Crippen LogP) is 3.25. The molecule has 0 radical (unpaired) electrons. The van der Waals surface area contributed by atoms with Crippen molar-refractivity contribution in [1.82, 2.24) is 4.90 Å². The van der Waals surface area contributed by atoms with E-state index >= 15 is 0 Å². The minimum absolute atomic E-state index is 0.00668. The van der Waals surface area contributed by atoms with E-state index in [9.17, 15) is 14.7 Å². The van der Waals surface area contributed by atoms with E-state index in [4.69, 9.17) is 16.3 Å². The molecule has 1 amide bonds. The summed E-state index contributed by atoms with van der Waals surface area (Å²) in [6.07, 6.45) is 7.55. The van der Waals surface area contributed by atoms with Crippen LogP contribution in [0.3, 0.4) is 0 Å². The highest BCUT2D eigenvalue weighted by Crippen LogP contribution is 2.77. The predicted molar refractivity (Wildman–Crippen MR) is 111 cm³/mol. The van der Waals surface area contributed by atoms with Crippen molar-refractivity contribution in [3.05, 3.63) is 28.8 Å². The van der Waals surface area contributed by atoms with Gasteiger partial charge in [-0.15, -0.1) is 0 Å². The third kappa shape index (κ3) is 2.45.